The molecule has 2 aromatic rings. The maximum absolute atomic E-state index is 13.3. The van der Waals surface area contributed by atoms with Crippen molar-refractivity contribution < 1.29 is 45.4 Å². The first-order valence-corrected chi connectivity index (χ1v) is 10.7. The van der Waals surface area contributed by atoms with Crippen molar-refractivity contribution in [3.63, 3.8) is 0 Å². The number of halogens is 3. The van der Waals surface area contributed by atoms with Gasteiger partial charge < -0.3 is 9.47 Å². The summed E-state index contributed by atoms with van der Waals surface area (Å²) < 4.78 is 73.4. The Hall–Kier alpha value is -3.28. The molecule has 0 radical (unpaired) electrons. The predicted molar refractivity (Wildman–Crippen MR) is 104 cm³/mol. The molecule has 2 rings (SSSR count). The van der Waals surface area contributed by atoms with E-state index in [0.717, 1.165) is 12.1 Å². The molecule has 0 spiro atoms. The summed E-state index contributed by atoms with van der Waals surface area (Å²) in [6, 6.07) is 5.52. The van der Waals surface area contributed by atoms with Crippen molar-refractivity contribution in [2.75, 3.05) is 13.2 Å². The molecule has 12 heteroatoms. The van der Waals surface area contributed by atoms with Gasteiger partial charge >= 0.3 is 17.4 Å². The quantitative estimate of drug-likeness (QED) is 0.326. The van der Waals surface area contributed by atoms with Gasteiger partial charge in [-0.3, -0.25) is 19.4 Å². The zero-order chi connectivity index (χ0) is 24.1. The highest BCUT2D eigenvalue weighted by Crippen LogP contribution is 2.35. The maximum Gasteiger partial charge on any atom is 0.501 e. The first-order valence-electron chi connectivity index (χ1n) is 9.19. The van der Waals surface area contributed by atoms with Gasteiger partial charge in [0.15, 0.2) is 5.78 Å². The van der Waals surface area contributed by atoms with Gasteiger partial charge in [-0.2, -0.15) is 13.2 Å². The van der Waals surface area contributed by atoms with E-state index >= 15 is 0 Å². The first-order chi connectivity index (χ1) is 15.0. The molecule has 1 aromatic carbocycles. The number of ketones is 1. The fraction of sp³-hybridized carbons (Fsp3) is 0.300. The Morgan fingerprint density at radius 1 is 1.00 bits per heavy atom. The SMILES string of the molecule is CCOC(=O)C(C(=O)OCC)C(=O)c1cc(-c2cccnc2)ccc1S(=O)(=O)C(F)(F)F. The van der Waals surface area contributed by atoms with Crippen molar-refractivity contribution in [2.24, 2.45) is 5.92 Å². The molecule has 0 aliphatic rings. The number of sulfone groups is 1. The number of hydrogen-bond donors (Lipinski definition) is 0. The van der Waals surface area contributed by atoms with Gasteiger partial charge in [0, 0.05) is 23.5 Å². The fourth-order valence-electron chi connectivity index (χ4n) is 2.71. The minimum atomic E-state index is -6.00. The monoisotopic (exact) mass is 473 g/mol. The Kier molecular flexibility index (Phi) is 7.73. The molecular weight excluding hydrogens is 455 g/mol. The average molecular weight is 473 g/mol. The van der Waals surface area contributed by atoms with Gasteiger partial charge in [-0.15, -0.1) is 0 Å². The lowest BCUT2D eigenvalue weighted by Crippen LogP contribution is -2.36. The van der Waals surface area contributed by atoms with Crippen LogP contribution in [0.3, 0.4) is 0 Å². The van der Waals surface area contributed by atoms with E-state index in [2.05, 4.69) is 14.5 Å². The van der Waals surface area contributed by atoms with Crippen molar-refractivity contribution in [1.29, 1.82) is 0 Å². The summed E-state index contributed by atoms with van der Waals surface area (Å²) >= 11 is 0. The smallest absolute Gasteiger partial charge is 0.465 e. The second-order valence-corrected chi connectivity index (χ2v) is 8.11. The Morgan fingerprint density at radius 2 is 1.59 bits per heavy atom. The molecule has 32 heavy (non-hydrogen) atoms. The number of carbonyl (C=O) groups is 3. The second-order valence-electron chi connectivity index (χ2n) is 6.20. The van der Waals surface area contributed by atoms with Crippen LogP contribution in [0.4, 0.5) is 13.2 Å². The van der Waals surface area contributed by atoms with Gasteiger partial charge in [-0.25, -0.2) is 8.42 Å². The largest absolute Gasteiger partial charge is 0.501 e. The lowest BCUT2D eigenvalue weighted by atomic mass is 9.95. The summed E-state index contributed by atoms with van der Waals surface area (Å²) in [4.78, 5) is 40.1. The van der Waals surface area contributed by atoms with E-state index < -0.39 is 49.4 Å². The Labute approximate surface area is 181 Å². The molecule has 0 N–H and O–H groups in total. The second kappa shape index (κ2) is 9.90. The maximum atomic E-state index is 13.3. The number of alkyl halides is 3. The van der Waals surface area contributed by atoms with Crippen LogP contribution in [0, 0.1) is 5.92 Å². The molecule has 8 nitrogen and oxygen atoms in total. The van der Waals surface area contributed by atoms with Crippen LogP contribution in [-0.4, -0.2) is 49.8 Å². The number of hydrogen-bond acceptors (Lipinski definition) is 8. The summed E-state index contributed by atoms with van der Waals surface area (Å²) in [5.74, 6) is -6.56. The van der Waals surface area contributed by atoms with E-state index in [9.17, 15) is 36.0 Å². The average Bonchev–Trinajstić information content (AvgIpc) is 2.73. The third-order valence-electron chi connectivity index (χ3n) is 4.14. The van der Waals surface area contributed by atoms with E-state index in [1.807, 2.05) is 0 Å². The number of aromatic nitrogens is 1. The molecule has 0 saturated heterocycles. The number of carbonyl (C=O) groups excluding carboxylic acids is 3. The normalized spacial score (nSPS) is 11.8. The van der Waals surface area contributed by atoms with Crippen LogP contribution in [0.5, 0.6) is 0 Å². The standard InChI is InChI=1S/C20H18F3NO7S/c1-3-30-18(26)16(19(27)31-4-2)17(25)14-10-12(13-6-5-9-24-11-13)7-8-15(14)32(28,29)20(21,22)23/h5-11,16H,3-4H2,1-2H3. The third-order valence-corrected chi connectivity index (χ3v) is 5.69. The van der Waals surface area contributed by atoms with Gasteiger partial charge in [-0.1, -0.05) is 12.1 Å². The molecule has 0 unspecified atom stereocenters. The van der Waals surface area contributed by atoms with Crippen molar-refractivity contribution in [3.8, 4) is 11.1 Å². The zero-order valence-corrected chi connectivity index (χ0v) is 17.7. The van der Waals surface area contributed by atoms with Crippen LogP contribution in [0.2, 0.25) is 0 Å². The molecule has 1 aromatic heterocycles. The number of ether oxygens (including phenoxy) is 2. The lowest BCUT2D eigenvalue weighted by Gasteiger charge is -2.17. The third kappa shape index (κ3) is 5.13. The Morgan fingerprint density at radius 3 is 2.06 bits per heavy atom. The number of benzene rings is 1. The predicted octanol–water partition coefficient (Wildman–Crippen LogP) is 2.97. The number of pyridine rings is 1. The van der Waals surface area contributed by atoms with Crippen molar-refractivity contribution in [3.05, 3.63) is 48.3 Å². The number of nitrogens with zero attached hydrogens (tertiary/aromatic N) is 1. The van der Waals surface area contributed by atoms with Crippen LogP contribution in [0.25, 0.3) is 11.1 Å². The molecule has 0 aliphatic heterocycles. The highest BCUT2D eigenvalue weighted by molar-refractivity contribution is 7.92. The van der Waals surface area contributed by atoms with Gasteiger partial charge in [0.2, 0.25) is 5.92 Å². The van der Waals surface area contributed by atoms with Crippen LogP contribution < -0.4 is 0 Å². The van der Waals surface area contributed by atoms with Crippen molar-refractivity contribution >= 4 is 27.6 Å². The number of Topliss-reactive ketones (excluding diaryl/α,β-unsaturated/α-hetero) is 1. The van der Waals surface area contributed by atoms with Crippen molar-refractivity contribution in [2.45, 2.75) is 24.3 Å². The van der Waals surface area contributed by atoms with Gasteiger partial charge in [0.05, 0.1) is 18.1 Å². The summed E-state index contributed by atoms with van der Waals surface area (Å²) in [5.41, 5.74) is -6.26. The number of rotatable bonds is 8. The molecule has 0 amide bonds. The number of esters is 2. The molecule has 0 atom stereocenters. The highest BCUT2D eigenvalue weighted by atomic mass is 32.2. The summed E-state index contributed by atoms with van der Waals surface area (Å²) in [6.07, 6.45) is 2.76. The fourth-order valence-corrected chi connectivity index (χ4v) is 3.66. The lowest BCUT2D eigenvalue weighted by molar-refractivity contribution is -0.158. The minimum absolute atomic E-state index is 0.133. The van der Waals surface area contributed by atoms with E-state index in [-0.39, 0.29) is 18.8 Å². The van der Waals surface area contributed by atoms with E-state index in [1.165, 1.54) is 38.4 Å². The Balaban J connectivity index is 2.76. The molecule has 0 aliphatic carbocycles. The molecular formula is C20H18F3NO7S. The van der Waals surface area contributed by atoms with Crippen LogP contribution >= 0.6 is 0 Å². The molecule has 172 valence electrons. The van der Waals surface area contributed by atoms with Gasteiger partial charge in [-0.05, 0) is 37.6 Å². The van der Waals surface area contributed by atoms with Crippen LogP contribution in [0.1, 0.15) is 24.2 Å². The zero-order valence-electron chi connectivity index (χ0n) is 16.9. The van der Waals surface area contributed by atoms with Crippen LogP contribution in [0.15, 0.2) is 47.6 Å². The summed E-state index contributed by atoms with van der Waals surface area (Å²) in [7, 11) is -6.00. The van der Waals surface area contributed by atoms with Gasteiger partial charge in [0.25, 0.3) is 9.84 Å². The molecule has 1 heterocycles. The van der Waals surface area contributed by atoms with Crippen molar-refractivity contribution in [1.82, 2.24) is 4.98 Å². The summed E-state index contributed by atoms with van der Waals surface area (Å²) in [5, 5.41) is 0. The molecule has 0 saturated carbocycles. The van der Waals surface area contributed by atoms with E-state index in [1.54, 1.807) is 0 Å². The highest BCUT2D eigenvalue weighted by Gasteiger charge is 2.50. The van der Waals surface area contributed by atoms with Crippen LogP contribution in [-0.2, 0) is 28.9 Å². The first kappa shape index (κ1) is 25.0. The minimum Gasteiger partial charge on any atom is -0.465 e. The van der Waals surface area contributed by atoms with E-state index in [4.69, 9.17) is 0 Å². The molecule has 0 bridgehead atoms. The topological polar surface area (TPSA) is 117 Å². The van der Waals surface area contributed by atoms with Gasteiger partial charge in [0.1, 0.15) is 0 Å². The molecule has 0 fully saturated rings. The van der Waals surface area contributed by atoms with E-state index in [0.29, 0.717) is 11.6 Å². The summed E-state index contributed by atoms with van der Waals surface area (Å²) in [6.45, 7) is 2.28. The Bertz CT molecular complexity index is 1100.